The van der Waals surface area contributed by atoms with Crippen molar-refractivity contribution in [3.8, 4) is 0 Å². The van der Waals surface area contributed by atoms with Crippen molar-refractivity contribution >= 4 is 35.0 Å². The van der Waals surface area contributed by atoms with Gasteiger partial charge >= 0.3 is 0 Å². The maximum Gasteiger partial charge on any atom is 0.246 e. The highest BCUT2D eigenvalue weighted by Crippen LogP contribution is 2.38. The third kappa shape index (κ3) is 2.66. The van der Waals surface area contributed by atoms with Gasteiger partial charge < -0.3 is 10.6 Å². The quantitative estimate of drug-likeness (QED) is 0.814. The highest BCUT2D eigenvalue weighted by molar-refractivity contribution is 7.99. The van der Waals surface area contributed by atoms with E-state index < -0.39 is 0 Å². The van der Waals surface area contributed by atoms with Gasteiger partial charge in [0, 0.05) is 16.1 Å². The van der Waals surface area contributed by atoms with Crippen molar-refractivity contribution < 1.29 is 4.79 Å². The fourth-order valence-electron chi connectivity index (χ4n) is 2.02. The molecule has 2 rings (SSSR count). The van der Waals surface area contributed by atoms with Crippen LogP contribution in [0.1, 0.15) is 31.9 Å². The van der Waals surface area contributed by atoms with Crippen LogP contribution in [0, 0.1) is 0 Å². The average Bonchev–Trinajstić information content (AvgIpc) is 2.63. The Hall–Kier alpha value is -0.710. The van der Waals surface area contributed by atoms with Gasteiger partial charge in [0.05, 0.1) is 5.02 Å². The number of fused-ring (bicyclic) bond motifs is 1. The summed E-state index contributed by atoms with van der Waals surface area (Å²) in [6.07, 6.45) is 0.997. The third-order valence-electron chi connectivity index (χ3n) is 2.83. The van der Waals surface area contributed by atoms with Gasteiger partial charge in [-0.25, -0.2) is 0 Å². The van der Waals surface area contributed by atoms with Gasteiger partial charge in [-0.2, -0.15) is 0 Å². The van der Waals surface area contributed by atoms with Crippen LogP contribution in [0.25, 0.3) is 0 Å². The van der Waals surface area contributed by atoms with E-state index in [9.17, 15) is 4.79 Å². The molecule has 1 aromatic carbocycles. The first-order chi connectivity index (χ1) is 8.67. The second-order valence-electron chi connectivity index (χ2n) is 4.18. The smallest absolute Gasteiger partial charge is 0.246 e. The summed E-state index contributed by atoms with van der Waals surface area (Å²) >= 11 is 7.93. The van der Waals surface area contributed by atoms with Gasteiger partial charge in [-0.1, -0.05) is 25.4 Å². The molecule has 0 radical (unpaired) electrons. The van der Waals surface area contributed by atoms with Gasteiger partial charge in [0.15, 0.2) is 0 Å². The summed E-state index contributed by atoms with van der Waals surface area (Å²) in [6.45, 7) is 4.98. The lowest BCUT2D eigenvalue weighted by atomic mass is 10.1. The van der Waals surface area contributed by atoms with Crippen molar-refractivity contribution in [2.45, 2.75) is 31.2 Å². The van der Waals surface area contributed by atoms with Gasteiger partial charge in [0.2, 0.25) is 5.91 Å². The van der Waals surface area contributed by atoms with Crippen molar-refractivity contribution in [2.24, 2.45) is 0 Å². The molecule has 2 N–H and O–H groups in total. The summed E-state index contributed by atoms with van der Waals surface area (Å²) in [5, 5.41) is 6.87. The van der Waals surface area contributed by atoms with Crippen LogP contribution in [0.4, 0.5) is 5.69 Å². The second kappa shape index (κ2) is 5.95. The van der Waals surface area contributed by atoms with E-state index in [4.69, 9.17) is 11.6 Å². The van der Waals surface area contributed by atoms with Crippen LogP contribution in [-0.2, 0) is 4.79 Å². The Labute approximate surface area is 117 Å². The van der Waals surface area contributed by atoms with Crippen LogP contribution in [0.3, 0.4) is 0 Å². The van der Waals surface area contributed by atoms with Gasteiger partial charge in [0.25, 0.3) is 0 Å². The van der Waals surface area contributed by atoms with Crippen LogP contribution in [-0.4, -0.2) is 18.2 Å². The van der Waals surface area contributed by atoms with E-state index in [1.807, 2.05) is 12.1 Å². The van der Waals surface area contributed by atoms with E-state index in [0.717, 1.165) is 39.9 Å². The molecule has 1 atom stereocenters. The minimum Gasteiger partial charge on any atom is -0.324 e. The summed E-state index contributed by atoms with van der Waals surface area (Å²) in [5.74, 6) is 0.970. The van der Waals surface area contributed by atoms with Gasteiger partial charge in [-0.3, -0.25) is 4.79 Å². The molecule has 0 bridgehead atoms. The normalized spacial score (nSPS) is 17.7. The van der Waals surface area contributed by atoms with Crippen LogP contribution < -0.4 is 10.6 Å². The van der Waals surface area contributed by atoms with E-state index in [2.05, 4.69) is 24.5 Å². The lowest BCUT2D eigenvalue weighted by molar-refractivity contribution is -0.117. The fraction of sp³-hybridized carbons (Fsp3) is 0.462. The number of halogens is 1. The molecule has 5 heteroatoms. The minimum absolute atomic E-state index is 0.00756. The van der Waals surface area contributed by atoms with E-state index in [1.54, 1.807) is 11.8 Å². The lowest BCUT2D eigenvalue weighted by Crippen LogP contribution is -2.27. The summed E-state index contributed by atoms with van der Waals surface area (Å²) in [5.41, 5.74) is 1.84. The zero-order chi connectivity index (χ0) is 13.1. The maximum absolute atomic E-state index is 11.9. The molecule has 1 aromatic rings. The van der Waals surface area contributed by atoms with Crippen LogP contribution in [0.5, 0.6) is 0 Å². The number of benzene rings is 1. The molecular formula is C13H17ClN2OS. The molecule has 0 fully saturated rings. The molecule has 18 heavy (non-hydrogen) atoms. The van der Waals surface area contributed by atoms with Crippen molar-refractivity contribution in [3.63, 3.8) is 0 Å². The molecule has 0 spiro atoms. The Bertz CT molecular complexity index is 465. The molecule has 0 aliphatic carbocycles. The number of thioether (sulfide) groups is 1. The van der Waals surface area contributed by atoms with Crippen molar-refractivity contribution in [2.75, 3.05) is 17.6 Å². The maximum atomic E-state index is 11.9. The van der Waals surface area contributed by atoms with Crippen molar-refractivity contribution in [1.29, 1.82) is 0 Å². The lowest BCUT2D eigenvalue weighted by Gasteiger charge is -2.11. The number of anilines is 1. The minimum atomic E-state index is -0.266. The van der Waals surface area contributed by atoms with Crippen LogP contribution in [0.15, 0.2) is 17.0 Å². The van der Waals surface area contributed by atoms with Gasteiger partial charge in [-0.15, -0.1) is 11.8 Å². The molecule has 1 aliphatic rings. The Morgan fingerprint density at radius 2 is 2.22 bits per heavy atom. The number of amides is 1. The highest BCUT2D eigenvalue weighted by atomic mass is 35.5. The number of nitrogens with one attached hydrogen (secondary N) is 2. The molecule has 98 valence electrons. The summed E-state index contributed by atoms with van der Waals surface area (Å²) < 4.78 is 0. The zero-order valence-corrected chi connectivity index (χ0v) is 12.1. The molecule has 1 amide bonds. The van der Waals surface area contributed by atoms with Crippen molar-refractivity contribution in [3.05, 3.63) is 22.7 Å². The molecular weight excluding hydrogens is 268 g/mol. The second-order valence-corrected chi connectivity index (χ2v) is 5.89. The Morgan fingerprint density at radius 1 is 1.44 bits per heavy atom. The monoisotopic (exact) mass is 284 g/mol. The predicted octanol–water partition coefficient (Wildman–Crippen LogP) is 3.44. The Balaban J connectivity index is 2.29. The summed E-state index contributed by atoms with van der Waals surface area (Å²) in [4.78, 5) is 12.9. The Morgan fingerprint density at radius 3 is 2.89 bits per heavy atom. The number of carbonyl (C=O) groups excluding carboxylic acids is 1. The molecule has 1 heterocycles. The van der Waals surface area contributed by atoms with E-state index in [-0.39, 0.29) is 11.9 Å². The molecule has 3 nitrogen and oxygen atoms in total. The standard InChI is InChI=1S/C13H17ClN2OS/c1-3-5-15-12-8-6-9(14)11(18-4-2)7-10(8)16-13(12)17/h6-7,12,15H,3-5H2,1-2H3,(H,16,17). The van der Waals surface area contributed by atoms with Gasteiger partial charge in [0.1, 0.15) is 6.04 Å². The number of hydrogen-bond donors (Lipinski definition) is 2. The Kier molecular flexibility index (Phi) is 4.54. The van der Waals surface area contributed by atoms with E-state index >= 15 is 0 Å². The van der Waals surface area contributed by atoms with E-state index in [0.29, 0.717) is 0 Å². The largest absolute Gasteiger partial charge is 0.324 e. The SMILES string of the molecule is CCCNC1C(=O)Nc2cc(SCC)c(Cl)cc21. The zero-order valence-electron chi connectivity index (χ0n) is 10.5. The summed E-state index contributed by atoms with van der Waals surface area (Å²) in [7, 11) is 0. The van der Waals surface area contributed by atoms with Crippen LogP contribution in [0.2, 0.25) is 5.02 Å². The number of rotatable bonds is 5. The first-order valence-electron chi connectivity index (χ1n) is 6.17. The first kappa shape index (κ1) is 13.7. The molecule has 0 saturated carbocycles. The fourth-order valence-corrected chi connectivity index (χ4v) is 3.06. The molecule has 1 unspecified atom stereocenters. The van der Waals surface area contributed by atoms with Gasteiger partial charge in [-0.05, 0) is 30.9 Å². The average molecular weight is 285 g/mol. The van der Waals surface area contributed by atoms with Crippen LogP contribution >= 0.6 is 23.4 Å². The predicted molar refractivity (Wildman–Crippen MR) is 77.5 cm³/mol. The highest BCUT2D eigenvalue weighted by Gasteiger charge is 2.30. The van der Waals surface area contributed by atoms with E-state index in [1.165, 1.54) is 0 Å². The number of hydrogen-bond acceptors (Lipinski definition) is 3. The molecule has 0 saturated heterocycles. The topological polar surface area (TPSA) is 41.1 Å². The number of carbonyl (C=O) groups is 1. The molecule has 0 aromatic heterocycles. The third-order valence-corrected chi connectivity index (χ3v) is 4.20. The molecule has 1 aliphatic heterocycles. The first-order valence-corrected chi connectivity index (χ1v) is 7.54. The van der Waals surface area contributed by atoms with Crippen molar-refractivity contribution in [1.82, 2.24) is 5.32 Å². The summed E-state index contributed by atoms with van der Waals surface area (Å²) in [6, 6.07) is 3.61.